The SMILES string of the molecule is CCOC(=O)c1c(-c2ccc(C(=O)Nc3cc(CC)ccn3)cc2)nc(C2CCN(C(=O)OC(C)(C)C)CC2)n1N. The number of carbonyl (C=O) groups is 3. The number of anilines is 1. The molecule has 1 aliphatic rings. The number of ether oxygens (including phenoxy) is 2. The number of pyridine rings is 1. The highest BCUT2D eigenvalue weighted by atomic mass is 16.6. The zero-order valence-corrected chi connectivity index (χ0v) is 24.3. The van der Waals surface area contributed by atoms with Gasteiger partial charge in [-0.25, -0.2) is 24.2 Å². The Labute approximate surface area is 240 Å². The highest BCUT2D eigenvalue weighted by molar-refractivity contribution is 6.04. The fourth-order valence-electron chi connectivity index (χ4n) is 4.71. The second-order valence-electron chi connectivity index (χ2n) is 10.9. The number of aryl methyl sites for hydroxylation is 1. The molecule has 218 valence electrons. The van der Waals surface area contributed by atoms with E-state index in [9.17, 15) is 14.4 Å². The Morgan fingerprint density at radius 2 is 1.76 bits per heavy atom. The summed E-state index contributed by atoms with van der Waals surface area (Å²) in [6.45, 7) is 10.4. The molecule has 1 aromatic carbocycles. The summed E-state index contributed by atoms with van der Waals surface area (Å²) in [4.78, 5) is 49.0. The predicted molar refractivity (Wildman–Crippen MR) is 155 cm³/mol. The number of likely N-dealkylation sites (tertiary alicyclic amines) is 1. The number of amides is 2. The molecule has 2 amide bonds. The second kappa shape index (κ2) is 12.4. The summed E-state index contributed by atoms with van der Waals surface area (Å²) in [6, 6.07) is 10.5. The summed E-state index contributed by atoms with van der Waals surface area (Å²) < 4.78 is 12.1. The lowest BCUT2D eigenvalue weighted by atomic mass is 9.96. The van der Waals surface area contributed by atoms with Crippen LogP contribution in [-0.2, 0) is 15.9 Å². The van der Waals surface area contributed by atoms with Crippen LogP contribution in [0.15, 0.2) is 42.6 Å². The number of esters is 1. The van der Waals surface area contributed by atoms with E-state index in [4.69, 9.17) is 20.3 Å². The van der Waals surface area contributed by atoms with Gasteiger partial charge in [0, 0.05) is 36.3 Å². The molecule has 0 saturated carbocycles. The van der Waals surface area contributed by atoms with Crippen molar-refractivity contribution in [1.82, 2.24) is 19.5 Å². The molecule has 0 radical (unpaired) electrons. The van der Waals surface area contributed by atoms with Gasteiger partial charge in [-0.3, -0.25) is 4.79 Å². The average Bonchev–Trinajstić information content (AvgIpc) is 3.29. The molecule has 1 aliphatic heterocycles. The largest absolute Gasteiger partial charge is 0.461 e. The summed E-state index contributed by atoms with van der Waals surface area (Å²) in [5.41, 5.74) is 2.05. The van der Waals surface area contributed by atoms with Gasteiger partial charge in [-0.1, -0.05) is 19.1 Å². The number of piperidine rings is 1. The molecule has 11 heteroatoms. The van der Waals surface area contributed by atoms with Crippen LogP contribution in [0.25, 0.3) is 11.3 Å². The molecule has 4 rings (SSSR count). The van der Waals surface area contributed by atoms with Crippen molar-refractivity contribution in [2.75, 3.05) is 30.9 Å². The third kappa shape index (κ3) is 7.03. The van der Waals surface area contributed by atoms with Gasteiger partial charge in [-0.2, -0.15) is 0 Å². The first-order valence-electron chi connectivity index (χ1n) is 13.9. The Kier molecular flexibility index (Phi) is 8.95. The van der Waals surface area contributed by atoms with Crippen molar-refractivity contribution in [2.24, 2.45) is 0 Å². The van der Waals surface area contributed by atoms with Crippen molar-refractivity contribution >= 4 is 23.8 Å². The minimum Gasteiger partial charge on any atom is -0.461 e. The van der Waals surface area contributed by atoms with Gasteiger partial charge in [0.05, 0.1) is 6.61 Å². The number of nitrogens with one attached hydrogen (secondary N) is 1. The molecule has 41 heavy (non-hydrogen) atoms. The molecule has 3 aromatic rings. The molecular formula is C30H38N6O5. The van der Waals surface area contributed by atoms with Crippen LogP contribution in [0.3, 0.4) is 0 Å². The lowest BCUT2D eigenvalue weighted by Crippen LogP contribution is -2.41. The highest BCUT2D eigenvalue weighted by Crippen LogP contribution is 2.32. The van der Waals surface area contributed by atoms with Gasteiger partial charge in [-0.05, 0) is 76.8 Å². The lowest BCUT2D eigenvalue weighted by molar-refractivity contribution is 0.0202. The molecule has 1 fully saturated rings. The third-order valence-electron chi connectivity index (χ3n) is 6.81. The van der Waals surface area contributed by atoms with Crippen molar-refractivity contribution in [1.29, 1.82) is 0 Å². The van der Waals surface area contributed by atoms with Gasteiger partial charge in [-0.15, -0.1) is 0 Å². The molecule has 3 N–H and O–H groups in total. The number of hydrogen-bond acceptors (Lipinski definition) is 8. The van der Waals surface area contributed by atoms with Crippen molar-refractivity contribution in [3.8, 4) is 11.3 Å². The molecular weight excluding hydrogens is 524 g/mol. The maximum absolute atomic E-state index is 13.0. The van der Waals surface area contributed by atoms with E-state index < -0.39 is 11.6 Å². The number of nitrogen functional groups attached to an aromatic ring is 1. The fourth-order valence-corrected chi connectivity index (χ4v) is 4.71. The van der Waals surface area contributed by atoms with E-state index in [2.05, 4.69) is 10.3 Å². The summed E-state index contributed by atoms with van der Waals surface area (Å²) in [5.74, 6) is 6.50. The van der Waals surface area contributed by atoms with Crippen LogP contribution in [0, 0.1) is 0 Å². The number of benzene rings is 1. The smallest absolute Gasteiger partial charge is 0.410 e. The summed E-state index contributed by atoms with van der Waals surface area (Å²) in [5, 5.41) is 2.82. The number of hydrogen-bond donors (Lipinski definition) is 2. The third-order valence-corrected chi connectivity index (χ3v) is 6.81. The Balaban J connectivity index is 1.55. The molecule has 2 aromatic heterocycles. The second-order valence-corrected chi connectivity index (χ2v) is 10.9. The molecule has 3 heterocycles. The van der Waals surface area contributed by atoms with E-state index in [1.165, 1.54) is 4.68 Å². The van der Waals surface area contributed by atoms with Gasteiger partial charge in [0.15, 0.2) is 5.69 Å². The monoisotopic (exact) mass is 562 g/mol. The van der Waals surface area contributed by atoms with E-state index in [-0.39, 0.29) is 30.2 Å². The van der Waals surface area contributed by atoms with E-state index in [0.29, 0.717) is 54.4 Å². The summed E-state index contributed by atoms with van der Waals surface area (Å²) in [7, 11) is 0. The van der Waals surface area contributed by atoms with Gasteiger partial charge in [0.2, 0.25) is 0 Å². The number of aromatic nitrogens is 3. The normalized spacial score (nSPS) is 14.0. The average molecular weight is 563 g/mol. The standard InChI is InChI=1S/C30H38N6O5/c1-6-19-12-15-32-23(18-19)33-27(37)22-10-8-20(9-11-22)24-25(28(38)40-7-2)36(31)26(34-24)21-13-16-35(17-14-21)29(39)41-30(3,4)5/h8-12,15,18,21H,6-7,13-14,16-17,31H2,1-5H3,(H,32,33,37). The first kappa shape index (κ1) is 29.6. The number of nitrogens with zero attached hydrogens (tertiary/aromatic N) is 4. The van der Waals surface area contributed by atoms with Gasteiger partial charge >= 0.3 is 12.1 Å². The molecule has 0 atom stereocenters. The Hall–Kier alpha value is -4.41. The van der Waals surface area contributed by atoms with Crippen LogP contribution in [0.4, 0.5) is 10.6 Å². The van der Waals surface area contributed by atoms with Crippen LogP contribution in [-0.4, -0.2) is 62.8 Å². The van der Waals surface area contributed by atoms with Gasteiger partial charge < -0.3 is 25.5 Å². The zero-order valence-electron chi connectivity index (χ0n) is 24.3. The maximum Gasteiger partial charge on any atom is 0.410 e. The minimum absolute atomic E-state index is 0.0722. The Bertz CT molecular complexity index is 1400. The van der Waals surface area contributed by atoms with Crippen molar-refractivity contribution < 1.29 is 23.9 Å². The van der Waals surface area contributed by atoms with Crippen LogP contribution in [0.5, 0.6) is 0 Å². The number of carbonyl (C=O) groups excluding carboxylic acids is 3. The van der Waals surface area contributed by atoms with Crippen molar-refractivity contribution in [2.45, 2.75) is 65.4 Å². The Morgan fingerprint density at radius 3 is 2.37 bits per heavy atom. The molecule has 11 nitrogen and oxygen atoms in total. The van der Waals surface area contributed by atoms with Gasteiger partial charge in [0.25, 0.3) is 5.91 Å². The molecule has 0 spiro atoms. The quantitative estimate of drug-likeness (QED) is 0.310. The van der Waals surface area contributed by atoms with Crippen LogP contribution in [0.2, 0.25) is 0 Å². The molecule has 1 saturated heterocycles. The van der Waals surface area contributed by atoms with E-state index in [1.54, 1.807) is 42.3 Å². The topological polar surface area (TPSA) is 142 Å². The number of rotatable bonds is 7. The lowest BCUT2D eigenvalue weighted by Gasteiger charge is -2.33. The summed E-state index contributed by atoms with van der Waals surface area (Å²) in [6.07, 6.45) is 3.37. The molecule has 0 unspecified atom stereocenters. The maximum atomic E-state index is 13.0. The zero-order chi connectivity index (χ0) is 29.7. The van der Waals surface area contributed by atoms with Gasteiger partial charge in [0.1, 0.15) is 22.9 Å². The minimum atomic E-state index is -0.585. The van der Waals surface area contributed by atoms with E-state index >= 15 is 0 Å². The summed E-state index contributed by atoms with van der Waals surface area (Å²) >= 11 is 0. The van der Waals surface area contributed by atoms with E-state index in [1.807, 2.05) is 39.8 Å². The number of imidazole rings is 1. The predicted octanol–water partition coefficient (Wildman–Crippen LogP) is 4.76. The van der Waals surface area contributed by atoms with Crippen LogP contribution < -0.4 is 11.2 Å². The van der Waals surface area contributed by atoms with E-state index in [0.717, 1.165) is 12.0 Å². The van der Waals surface area contributed by atoms with Crippen LogP contribution >= 0.6 is 0 Å². The van der Waals surface area contributed by atoms with Crippen LogP contribution in [0.1, 0.15) is 85.6 Å². The first-order valence-corrected chi connectivity index (χ1v) is 13.9. The van der Waals surface area contributed by atoms with Crippen molar-refractivity contribution in [3.05, 3.63) is 65.2 Å². The van der Waals surface area contributed by atoms with Crippen molar-refractivity contribution in [3.63, 3.8) is 0 Å². The molecule has 0 bridgehead atoms. The first-order chi connectivity index (χ1) is 19.5. The fraction of sp³-hybridized carbons (Fsp3) is 0.433. The highest BCUT2D eigenvalue weighted by Gasteiger charge is 2.32. The number of nitrogens with two attached hydrogens (primary N) is 1. The molecule has 0 aliphatic carbocycles. The Morgan fingerprint density at radius 1 is 1.07 bits per heavy atom.